The normalized spacial score (nSPS) is 33.5. The zero-order valence-corrected chi connectivity index (χ0v) is 16.0. The fourth-order valence-electron chi connectivity index (χ4n) is 5.02. The number of benzene rings is 1. The van der Waals surface area contributed by atoms with Crippen molar-refractivity contribution in [3.8, 4) is 5.75 Å². The van der Waals surface area contributed by atoms with E-state index in [-0.39, 0.29) is 11.9 Å². The molecular formula is C23H30F2O2. The summed E-state index contributed by atoms with van der Waals surface area (Å²) in [5, 5.41) is 0. The highest BCUT2D eigenvalue weighted by Crippen LogP contribution is 2.42. The van der Waals surface area contributed by atoms with Crippen LogP contribution >= 0.6 is 0 Å². The topological polar surface area (TPSA) is 21.8 Å². The molecule has 2 aliphatic carbocycles. The summed E-state index contributed by atoms with van der Waals surface area (Å²) in [5.74, 6) is 1.19. The Labute approximate surface area is 160 Å². The number of rotatable bonds is 6. The van der Waals surface area contributed by atoms with Gasteiger partial charge in [-0.3, -0.25) is 0 Å². The molecule has 0 N–H and O–H groups in total. The quantitative estimate of drug-likeness (QED) is 0.435. The number of halogens is 2. The van der Waals surface area contributed by atoms with Gasteiger partial charge >= 0.3 is 0 Å². The second kappa shape index (κ2) is 8.30. The van der Waals surface area contributed by atoms with E-state index in [1.807, 2.05) is 0 Å². The average molecular weight is 376 g/mol. The molecule has 1 saturated heterocycles. The van der Waals surface area contributed by atoms with Crippen LogP contribution in [0.3, 0.4) is 0 Å². The monoisotopic (exact) mass is 376 g/mol. The Bertz CT molecular complexity index is 655. The largest absolute Gasteiger partial charge is 0.490 e. The molecule has 2 saturated carbocycles. The van der Waals surface area contributed by atoms with E-state index in [1.54, 1.807) is 12.1 Å². The van der Waals surface area contributed by atoms with Gasteiger partial charge in [-0.2, -0.15) is 4.39 Å². The van der Waals surface area contributed by atoms with E-state index in [9.17, 15) is 8.78 Å². The Morgan fingerprint density at radius 3 is 2.19 bits per heavy atom. The van der Waals surface area contributed by atoms with Crippen molar-refractivity contribution in [2.24, 2.45) is 23.7 Å². The van der Waals surface area contributed by atoms with E-state index < -0.39 is 11.6 Å². The number of ether oxygens (including phenoxy) is 2. The molecule has 4 rings (SSSR count). The summed E-state index contributed by atoms with van der Waals surface area (Å²) in [5.41, 5.74) is 0.298. The summed E-state index contributed by atoms with van der Waals surface area (Å²) in [6.45, 7) is 4.88. The summed E-state index contributed by atoms with van der Waals surface area (Å²) < 4.78 is 39.0. The van der Waals surface area contributed by atoms with Gasteiger partial charge in [0.1, 0.15) is 6.10 Å². The summed E-state index contributed by atoms with van der Waals surface area (Å²) in [4.78, 5) is 0. The van der Waals surface area contributed by atoms with Crippen molar-refractivity contribution in [2.45, 2.75) is 57.5 Å². The molecule has 4 heteroatoms. The molecule has 148 valence electrons. The number of epoxide rings is 1. The zero-order valence-electron chi connectivity index (χ0n) is 16.0. The summed E-state index contributed by atoms with van der Waals surface area (Å²) in [6, 6.07) is 3.13. The van der Waals surface area contributed by atoms with Crippen LogP contribution in [0.25, 0.3) is 0 Å². The molecular weight excluding hydrogens is 346 g/mol. The standard InChI is InChI=1S/C23H30F2O2/c1-2-15-3-7-17(8-4-15)18-9-5-16(6-10-18)13-26-20-12-11-19(21-14-27-21)22(24)23(20)25/h2,11-12,15-18,21H,1,3-10,13-14H2. The third-order valence-corrected chi connectivity index (χ3v) is 6.94. The highest BCUT2D eigenvalue weighted by molar-refractivity contribution is 5.33. The van der Waals surface area contributed by atoms with Crippen molar-refractivity contribution >= 4 is 0 Å². The Morgan fingerprint density at radius 2 is 1.59 bits per heavy atom. The summed E-state index contributed by atoms with van der Waals surface area (Å²) in [7, 11) is 0. The maximum Gasteiger partial charge on any atom is 0.200 e. The molecule has 1 heterocycles. The van der Waals surface area contributed by atoms with Crippen LogP contribution in [0, 0.1) is 35.3 Å². The first kappa shape index (κ1) is 18.9. The van der Waals surface area contributed by atoms with Crippen molar-refractivity contribution in [3.63, 3.8) is 0 Å². The predicted octanol–water partition coefficient (Wildman–Crippen LogP) is 6.21. The van der Waals surface area contributed by atoms with Crippen molar-refractivity contribution < 1.29 is 18.3 Å². The minimum Gasteiger partial charge on any atom is -0.490 e. The minimum absolute atomic E-state index is 0.0294. The van der Waals surface area contributed by atoms with Crippen LogP contribution in [-0.4, -0.2) is 13.2 Å². The van der Waals surface area contributed by atoms with Gasteiger partial charge in [0.25, 0.3) is 0 Å². The number of hydrogen-bond donors (Lipinski definition) is 0. The Hall–Kier alpha value is -1.42. The zero-order chi connectivity index (χ0) is 18.8. The molecule has 1 atom stereocenters. The van der Waals surface area contributed by atoms with Crippen LogP contribution in [0.2, 0.25) is 0 Å². The second-order valence-electron chi connectivity index (χ2n) is 8.61. The first-order chi connectivity index (χ1) is 13.2. The summed E-state index contributed by atoms with van der Waals surface area (Å²) >= 11 is 0. The van der Waals surface area contributed by atoms with Crippen LogP contribution in [0.15, 0.2) is 24.8 Å². The molecule has 0 aromatic heterocycles. The molecule has 1 aromatic rings. The van der Waals surface area contributed by atoms with E-state index >= 15 is 0 Å². The Kier molecular flexibility index (Phi) is 5.82. The highest BCUT2D eigenvalue weighted by atomic mass is 19.2. The maximum absolute atomic E-state index is 14.2. The molecule has 0 radical (unpaired) electrons. The summed E-state index contributed by atoms with van der Waals surface area (Å²) in [6.07, 6.45) is 11.8. The molecule has 1 aromatic carbocycles. The van der Waals surface area contributed by atoms with E-state index in [2.05, 4.69) is 12.7 Å². The molecule has 1 aliphatic heterocycles. The van der Waals surface area contributed by atoms with Crippen LogP contribution in [-0.2, 0) is 4.74 Å². The minimum atomic E-state index is -0.879. The van der Waals surface area contributed by atoms with Gasteiger partial charge in [0, 0.05) is 5.56 Å². The van der Waals surface area contributed by atoms with E-state index in [0.29, 0.717) is 24.7 Å². The van der Waals surface area contributed by atoms with Gasteiger partial charge < -0.3 is 9.47 Å². The lowest BCUT2D eigenvalue weighted by molar-refractivity contribution is 0.127. The van der Waals surface area contributed by atoms with Gasteiger partial charge in [-0.1, -0.05) is 6.08 Å². The predicted molar refractivity (Wildman–Crippen MR) is 102 cm³/mol. The molecule has 3 fully saturated rings. The van der Waals surface area contributed by atoms with Gasteiger partial charge in [-0.25, -0.2) is 4.39 Å². The molecule has 1 unspecified atom stereocenters. The van der Waals surface area contributed by atoms with Crippen molar-refractivity contribution in [2.75, 3.05) is 13.2 Å². The van der Waals surface area contributed by atoms with E-state index in [4.69, 9.17) is 9.47 Å². The second-order valence-corrected chi connectivity index (χ2v) is 8.61. The first-order valence-corrected chi connectivity index (χ1v) is 10.5. The molecule has 2 nitrogen and oxygen atoms in total. The highest BCUT2D eigenvalue weighted by Gasteiger charge is 2.32. The van der Waals surface area contributed by atoms with Gasteiger partial charge in [0.15, 0.2) is 11.6 Å². The first-order valence-electron chi connectivity index (χ1n) is 10.5. The van der Waals surface area contributed by atoms with E-state index in [0.717, 1.165) is 30.6 Å². The fraction of sp³-hybridized carbons (Fsp3) is 0.652. The van der Waals surface area contributed by atoms with Gasteiger partial charge in [0.2, 0.25) is 5.82 Å². The van der Waals surface area contributed by atoms with Crippen molar-refractivity contribution in [3.05, 3.63) is 42.0 Å². The average Bonchev–Trinajstić information content (AvgIpc) is 3.55. The van der Waals surface area contributed by atoms with Crippen LogP contribution < -0.4 is 4.74 Å². The maximum atomic E-state index is 14.2. The number of hydrogen-bond acceptors (Lipinski definition) is 2. The molecule has 0 spiro atoms. The van der Waals surface area contributed by atoms with Crippen LogP contribution in [0.1, 0.15) is 63.0 Å². The van der Waals surface area contributed by atoms with E-state index in [1.165, 1.54) is 38.5 Å². The Balaban J connectivity index is 1.24. The fourth-order valence-corrected chi connectivity index (χ4v) is 5.02. The molecule has 0 amide bonds. The SMILES string of the molecule is C=CC1CCC(C2CCC(COc3ccc(C4CO4)c(F)c3F)CC2)CC1. The third kappa shape index (κ3) is 4.37. The van der Waals surface area contributed by atoms with Gasteiger partial charge in [0.05, 0.1) is 13.2 Å². The van der Waals surface area contributed by atoms with Gasteiger partial charge in [-0.05, 0) is 87.2 Å². The molecule has 3 aliphatic rings. The smallest absolute Gasteiger partial charge is 0.200 e. The van der Waals surface area contributed by atoms with Crippen LogP contribution in [0.5, 0.6) is 5.75 Å². The van der Waals surface area contributed by atoms with Gasteiger partial charge in [-0.15, -0.1) is 6.58 Å². The Morgan fingerprint density at radius 1 is 0.963 bits per heavy atom. The lowest BCUT2D eigenvalue weighted by Gasteiger charge is -2.37. The van der Waals surface area contributed by atoms with Crippen molar-refractivity contribution in [1.29, 1.82) is 0 Å². The molecule has 27 heavy (non-hydrogen) atoms. The third-order valence-electron chi connectivity index (χ3n) is 6.94. The van der Waals surface area contributed by atoms with Crippen molar-refractivity contribution in [1.82, 2.24) is 0 Å². The number of allylic oxidation sites excluding steroid dienone is 1. The molecule has 0 bridgehead atoms. The van der Waals surface area contributed by atoms with Crippen LogP contribution in [0.4, 0.5) is 8.78 Å². The lowest BCUT2D eigenvalue weighted by atomic mass is 9.69. The lowest BCUT2D eigenvalue weighted by Crippen LogP contribution is -2.27.